The molecule has 2 aromatic rings. The fourth-order valence-corrected chi connectivity index (χ4v) is 6.59. The highest BCUT2D eigenvalue weighted by molar-refractivity contribution is 6.31. The Bertz CT molecular complexity index is 1350. The van der Waals surface area contributed by atoms with Crippen molar-refractivity contribution in [3.05, 3.63) is 63.4 Å². The maximum absolute atomic E-state index is 16.0. The molecule has 2 aliphatic heterocycles. The van der Waals surface area contributed by atoms with Crippen molar-refractivity contribution in [3.8, 4) is 0 Å². The lowest BCUT2D eigenvalue weighted by Gasteiger charge is -2.39. The Morgan fingerprint density at radius 2 is 1.86 bits per heavy atom. The number of amides is 3. The molecule has 2 heterocycles. The van der Waals surface area contributed by atoms with Gasteiger partial charge in [-0.05, 0) is 41.2 Å². The molecule has 2 aromatic carbocycles. The average Bonchev–Trinajstić information content (AvgIpc) is 3.37. The monoisotopic (exact) mass is 623 g/mol. The molecule has 42 heavy (non-hydrogen) atoms. The third-order valence-electron chi connectivity index (χ3n) is 7.77. The third-order valence-corrected chi connectivity index (χ3v) is 8.30. The Morgan fingerprint density at radius 1 is 1.12 bits per heavy atom. The van der Waals surface area contributed by atoms with Crippen molar-refractivity contribution in [3.63, 3.8) is 0 Å². The number of carbonyl (C=O) groups is 3. The minimum Gasteiger partial charge on any atom is -0.453 e. The average molecular weight is 625 g/mol. The van der Waals surface area contributed by atoms with Crippen molar-refractivity contribution in [2.75, 3.05) is 45.9 Å². The summed E-state index contributed by atoms with van der Waals surface area (Å²) in [5, 5.41) is 5.94. The Morgan fingerprint density at radius 3 is 2.52 bits per heavy atom. The lowest BCUT2D eigenvalue weighted by Crippen LogP contribution is -2.53. The first-order valence-electron chi connectivity index (χ1n) is 13.6. The van der Waals surface area contributed by atoms with E-state index in [1.54, 1.807) is 31.4 Å². The molecule has 0 aromatic heterocycles. The number of nitrogens with one attached hydrogen (secondary N) is 2. The summed E-state index contributed by atoms with van der Waals surface area (Å²) in [5.74, 6) is -3.03. The van der Waals surface area contributed by atoms with Crippen LogP contribution >= 0.6 is 23.2 Å². The molecule has 3 amide bonds. The molecule has 12 heteroatoms. The Kier molecular flexibility index (Phi) is 9.72. The molecule has 0 aliphatic carbocycles. The molecule has 2 N–H and O–H groups in total. The second kappa shape index (κ2) is 12.8. The number of carbonyl (C=O) groups excluding carboxylic acids is 3. The van der Waals surface area contributed by atoms with Crippen LogP contribution in [0.4, 0.5) is 14.9 Å². The summed E-state index contributed by atoms with van der Waals surface area (Å²) in [6, 6.07) is 7.13. The molecule has 0 radical (unpaired) electrons. The van der Waals surface area contributed by atoms with Gasteiger partial charge in [-0.2, -0.15) is 0 Å². The Labute approximate surface area is 255 Å². The molecule has 2 aliphatic rings. The molecule has 9 nitrogen and oxygen atoms in total. The van der Waals surface area contributed by atoms with Gasteiger partial charge in [-0.15, -0.1) is 0 Å². The number of ether oxygens (including phenoxy) is 3. The van der Waals surface area contributed by atoms with E-state index in [1.807, 2.05) is 20.8 Å². The number of benzene rings is 2. The molecule has 0 saturated carbocycles. The molecule has 1 fully saturated rings. The van der Waals surface area contributed by atoms with E-state index in [1.165, 1.54) is 24.1 Å². The van der Waals surface area contributed by atoms with Crippen molar-refractivity contribution < 1.29 is 33.0 Å². The van der Waals surface area contributed by atoms with Gasteiger partial charge < -0.3 is 24.8 Å². The van der Waals surface area contributed by atoms with Crippen LogP contribution in [0.3, 0.4) is 0 Å². The van der Waals surface area contributed by atoms with Crippen LogP contribution in [0.25, 0.3) is 0 Å². The molecular weight excluding hydrogens is 588 g/mol. The molecule has 228 valence electrons. The van der Waals surface area contributed by atoms with Gasteiger partial charge in [-0.3, -0.25) is 14.5 Å². The lowest BCUT2D eigenvalue weighted by atomic mass is 9.62. The van der Waals surface area contributed by atoms with Crippen molar-refractivity contribution in [2.45, 2.75) is 50.6 Å². The Balaban J connectivity index is 1.97. The maximum atomic E-state index is 16.0. The van der Waals surface area contributed by atoms with Gasteiger partial charge in [0.1, 0.15) is 17.3 Å². The summed E-state index contributed by atoms with van der Waals surface area (Å²) in [6.45, 7) is 6.89. The summed E-state index contributed by atoms with van der Waals surface area (Å²) in [4.78, 5) is 43.4. The number of likely N-dealkylation sites (tertiary alicyclic amines) is 1. The van der Waals surface area contributed by atoms with E-state index in [0.717, 1.165) is 0 Å². The van der Waals surface area contributed by atoms with Gasteiger partial charge in [0.2, 0.25) is 11.8 Å². The largest absolute Gasteiger partial charge is 0.453 e. The first-order valence-corrected chi connectivity index (χ1v) is 14.4. The molecule has 1 spiro atoms. The minimum atomic E-state index is -1.59. The zero-order valence-electron chi connectivity index (χ0n) is 24.3. The van der Waals surface area contributed by atoms with Gasteiger partial charge in [-0.1, -0.05) is 62.2 Å². The molecular formula is C30H36Cl2FN3O6. The summed E-state index contributed by atoms with van der Waals surface area (Å²) >= 11 is 12.6. The number of rotatable bonds is 9. The van der Waals surface area contributed by atoms with Gasteiger partial charge in [-0.25, -0.2) is 9.18 Å². The van der Waals surface area contributed by atoms with Crippen molar-refractivity contribution in [1.29, 1.82) is 0 Å². The minimum absolute atomic E-state index is 0.0299. The quantitative estimate of drug-likeness (QED) is 0.375. The van der Waals surface area contributed by atoms with E-state index in [2.05, 4.69) is 10.6 Å². The number of fused-ring (bicyclic) bond motifs is 2. The zero-order chi connectivity index (χ0) is 30.8. The van der Waals surface area contributed by atoms with E-state index in [0.29, 0.717) is 29.5 Å². The van der Waals surface area contributed by atoms with Gasteiger partial charge in [0, 0.05) is 30.3 Å². The summed E-state index contributed by atoms with van der Waals surface area (Å²) in [5.41, 5.74) is -1.07. The standard InChI is InChI=1S/C30H36Cl2FN3O6/c1-29(2,3)16-22-30(19-10-9-17(31)15-21(19)35-27(30)38)23(18-7-6-8-20(32)24(18)33)25(36(22)28(39)41-5)26(37)34-11-12-42-14-13-40-4/h6-10,15,22-23,25H,11-14,16H2,1-5H3,(H,34,37)(H,35,38)/t22-,23+,25-,30+/m1/s1. The molecule has 0 bridgehead atoms. The van der Waals surface area contributed by atoms with Crippen LogP contribution in [0.2, 0.25) is 10.0 Å². The first-order chi connectivity index (χ1) is 19.9. The highest BCUT2D eigenvalue weighted by Gasteiger charge is 2.70. The first kappa shape index (κ1) is 32.0. The number of hydrogen-bond acceptors (Lipinski definition) is 6. The maximum Gasteiger partial charge on any atom is 0.410 e. The molecule has 0 unspecified atom stereocenters. The summed E-state index contributed by atoms with van der Waals surface area (Å²) in [6.07, 6.45) is -0.541. The van der Waals surface area contributed by atoms with Crippen LogP contribution in [-0.4, -0.2) is 75.5 Å². The van der Waals surface area contributed by atoms with Gasteiger partial charge in [0.25, 0.3) is 0 Å². The predicted molar refractivity (Wildman–Crippen MR) is 158 cm³/mol. The number of nitrogens with zero attached hydrogens (tertiary/aromatic N) is 1. The molecule has 4 rings (SSSR count). The summed E-state index contributed by atoms with van der Waals surface area (Å²) in [7, 11) is 2.76. The van der Waals surface area contributed by atoms with Gasteiger partial charge >= 0.3 is 6.09 Å². The van der Waals surface area contributed by atoms with Crippen molar-refractivity contribution in [1.82, 2.24) is 10.2 Å². The molecule has 1 saturated heterocycles. The van der Waals surface area contributed by atoms with Crippen LogP contribution in [0, 0.1) is 11.2 Å². The summed E-state index contributed by atoms with van der Waals surface area (Å²) < 4.78 is 31.7. The van der Waals surface area contributed by atoms with Crippen LogP contribution in [0.15, 0.2) is 36.4 Å². The number of methoxy groups -OCH3 is 2. The van der Waals surface area contributed by atoms with Gasteiger partial charge in [0.05, 0.1) is 38.0 Å². The van der Waals surface area contributed by atoms with Crippen LogP contribution in [0.1, 0.15) is 44.2 Å². The highest BCUT2D eigenvalue weighted by Crippen LogP contribution is 2.60. The highest BCUT2D eigenvalue weighted by atomic mass is 35.5. The third kappa shape index (κ3) is 5.82. The van der Waals surface area contributed by atoms with Crippen molar-refractivity contribution >= 4 is 46.8 Å². The van der Waals surface area contributed by atoms with E-state index in [4.69, 9.17) is 37.4 Å². The van der Waals surface area contributed by atoms with Crippen LogP contribution in [0.5, 0.6) is 0 Å². The predicted octanol–water partition coefficient (Wildman–Crippen LogP) is 5.14. The second-order valence-electron chi connectivity index (χ2n) is 11.6. The SMILES string of the molecule is COCCOCCNC(=O)[C@H]1[C@H](c2cccc(Cl)c2F)[C@@]2(C(=O)Nc3cc(Cl)ccc32)[C@@H](CC(C)(C)C)N1C(=O)OC. The topological polar surface area (TPSA) is 106 Å². The lowest BCUT2D eigenvalue weighted by molar-refractivity contribution is -0.126. The van der Waals surface area contributed by atoms with Gasteiger partial charge in [0.15, 0.2) is 0 Å². The Hall–Kier alpha value is -2.92. The van der Waals surface area contributed by atoms with E-state index < -0.39 is 52.6 Å². The fraction of sp³-hybridized carbons (Fsp3) is 0.500. The smallest absolute Gasteiger partial charge is 0.410 e. The van der Waals surface area contributed by atoms with Crippen LogP contribution < -0.4 is 10.6 Å². The van der Waals surface area contributed by atoms with E-state index in [9.17, 15) is 14.4 Å². The fourth-order valence-electron chi connectivity index (χ4n) is 6.23. The molecule has 4 atom stereocenters. The number of halogens is 3. The number of hydrogen-bond donors (Lipinski definition) is 2. The second-order valence-corrected chi connectivity index (χ2v) is 12.5. The zero-order valence-corrected chi connectivity index (χ0v) is 25.8. The van der Waals surface area contributed by atoms with Crippen LogP contribution in [-0.2, 0) is 29.2 Å². The number of anilines is 1. The van der Waals surface area contributed by atoms with E-state index >= 15 is 4.39 Å². The van der Waals surface area contributed by atoms with Crippen molar-refractivity contribution in [2.24, 2.45) is 5.41 Å². The van der Waals surface area contributed by atoms with E-state index in [-0.39, 0.29) is 30.2 Å². The normalized spacial score (nSPS) is 23.2.